The third kappa shape index (κ3) is 6.35. The summed E-state index contributed by atoms with van der Waals surface area (Å²) in [4.78, 5) is 2.28. The molecule has 0 saturated carbocycles. The van der Waals surface area contributed by atoms with Crippen molar-refractivity contribution < 1.29 is 27.2 Å². The van der Waals surface area contributed by atoms with Crippen molar-refractivity contribution in [1.82, 2.24) is 20.7 Å². The summed E-state index contributed by atoms with van der Waals surface area (Å²) in [6.07, 6.45) is 2.37. The van der Waals surface area contributed by atoms with Gasteiger partial charge in [0.25, 0.3) is 0 Å². The first-order valence-corrected chi connectivity index (χ1v) is 12.2. The lowest BCUT2D eigenvalue weighted by Crippen LogP contribution is -2.52. The molecular weight excluding hydrogens is 511 g/mol. The molecule has 0 atom stereocenters. The van der Waals surface area contributed by atoms with Crippen LogP contribution in [0, 0.1) is 0 Å². The second-order valence-corrected chi connectivity index (χ2v) is 9.24. The number of hydrogen-bond acceptors (Lipinski definition) is 7. The van der Waals surface area contributed by atoms with E-state index in [0.717, 1.165) is 65.8 Å². The molecule has 8 nitrogen and oxygen atoms in total. The minimum atomic E-state index is -4.76. The number of fused-ring (bicyclic) bond motifs is 1. The van der Waals surface area contributed by atoms with Crippen LogP contribution in [0.5, 0.6) is 5.75 Å². The molecule has 3 heterocycles. The lowest BCUT2D eigenvalue weighted by atomic mass is 10.0. The van der Waals surface area contributed by atoms with Gasteiger partial charge < -0.3 is 24.2 Å². The lowest BCUT2D eigenvalue weighted by molar-refractivity contribution is -0.274. The minimum Gasteiger partial charge on any atom is -0.404 e. The molecule has 5 rings (SSSR count). The van der Waals surface area contributed by atoms with Gasteiger partial charge in [-0.15, -0.1) is 13.2 Å². The van der Waals surface area contributed by atoms with Crippen molar-refractivity contribution in [2.45, 2.75) is 31.9 Å². The van der Waals surface area contributed by atoms with Crippen LogP contribution in [0.1, 0.15) is 18.4 Å². The van der Waals surface area contributed by atoms with Crippen molar-refractivity contribution in [1.29, 1.82) is 0 Å². The Labute approximate surface area is 215 Å². The maximum atomic E-state index is 12.3. The van der Waals surface area contributed by atoms with E-state index in [9.17, 15) is 13.2 Å². The Kier molecular flexibility index (Phi) is 7.54. The fourth-order valence-corrected chi connectivity index (χ4v) is 4.49. The second kappa shape index (κ2) is 11.0. The van der Waals surface area contributed by atoms with Gasteiger partial charge in [0.15, 0.2) is 0 Å². The number of aromatic nitrogens is 3. The molecule has 1 aliphatic heterocycles. The van der Waals surface area contributed by atoms with E-state index in [1.165, 1.54) is 12.1 Å². The Morgan fingerprint density at radius 2 is 2.00 bits per heavy atom. The quantitative estimate of drug-likeness (QED) is 0.244. The first kappa shape index (κ1) is 25.4. The van der Waals surface area contributed by atoms with Crippen LogP contribution in [0.4, 0.5) is 18.9 Å². The number of nitrogens with one attached hydrogen (secondary N) is 2. The van der Waals surface area contributed by atoms with Crippen LogP contribution in [-0.4, -0.2) is 54.1 Å². The van der Waals surface area contributed by atoms with Gasteiger partial charge in [0.2, 0.25) is 0 Å². The highest BCUT2D eigenvalue weighted by Gasteiger charge is 2.32. The topological polar surface area (TPSA) is 88.4 Å². The number of unbranched alkanes of at least 4 members (excludes halogenated alkanes) is 1. The maximum absolute atomic E-state index is 12.3. The van der Waals surface area contributed by atoms with Crippen LogP contribution in [0.2, 0.25) is 5.02 Å². The van der Waals surface area contributed by atoms with Crippen LogP contribution >= 0.6 is 11.6 Å². The Hall–Kier alpha value is -3.28. The van der Waals surface area contributed by atoms with E-state index in [2.05, 4.69) is 36.4 Å². The normalized spacial score (nSPS) is 14.3. The summed E-state index contributed by atoms with van der Waals surface area (Å²) >= 11 is 5.89. The minimum absolute atomic E-state index is 0.0710. The zero-order valence-corrected chi connectivity index (χ0v) is 20.5. The molecule has 196 valence electrons. The van der Waals surface area contributed by atoms with E-state index < -0.39 is 12.1 Å². The van der Waals surface area contributed by atoms with Crippen LogP contribution < -0.4 is 15.0 Å². The summed E-state index contributed by atoms with van der Waals surface area (Å²) < 4.78 is 51.9. The Bertz CT molecular complexity index is 1320. The number of halogens is 4. The number of alkyl halides is 3. The lowest BCUT2D eigenvalue weighted by Gasteiger charge is -2.41. The van der Waals surface area contributed by atoms with Gasteiger partial charge in [-0.2, -0.15) is 5.10 Å². The first-order chi connectivity index (χ1) is 17.9. The summed E-state index contributed by atoms with van der Waals surface area (Å²) in [7, 11) is 0. The van der Waals surface area contributed by atoms with E-state index in [1.54, 1.807) is 18.5 Å². The number of benzene rings is 2. The van der Waals surface area contributed by atoms with Gasteiger partial charge in [0.1, 0.15) is 12.0 Å². The van der Waals surface area contributed by atoms with Gasteiger partial charge in [-0.25, -0.2) is 0 Å². The molecule has 4 aromatic rings. The SMILES string of the molecule is FC(F)(F)Oc1ccc(CNCCCCOC2CN(c3cc(-c4cnoc4)cc4[nH]ncc34)C2)cc1Cl. The van der Waals surface area contributed by atoms with E-state index in [4.69, 9.17) is 20.9 Å². The highest BCUT2D eigenvalue weighted by molar-refractivity contribution is 6.32. The van der Waals surface area contributed by atoms with Crippen molar-refractivity contribution >= 4 is 28.2 Å². The zero-order chi connectivity index (χ0) is 25.8. The summed E-state index contributed by atoms with van der Waals surface area (Å²) in [6.45, 7) is 3.53. The molecule has 12 heteroatoms. The molecule has 0 aliphatic carbocycles. The smallest absolute Gasteiger partial charge is 0.404 e. The fourth-order valence-electron chi connectivity index (χ4n) is 4.25. The standard InChI is InChI=1S/C25H25ClF3N5O3/c26-21-7-16(3-4-24(21)37-25(27,28)29)10-30-5-1-2-6-35-19-13-34(14-19)23-9-17(18-11-32-36-15-18)8-22-20(23)12-31-33-22/h3-4,7-9,11-12,15,19,30H,1-2,5-6,10,13-14H2,(H,31,33). The molecule has 2 aromatic heterocycles. The first-order valence-electron chi connectivity index (χ1n) is 11.8. The van der Waals surface area contributed by atoms with Crippen molar-refractivity contribution in [3.8, 4) is 16.9 Å². The van der Waals surface area contributed by atoms with Gasteiger partial charge in [0, 0.05) is 42.9 Å². The molecule has 0 spiro atoms. The molecule has 0 amide bonds. The summed E-state index contributed by atoms with van der Waals surface area (Å²) in [5.74, 6) is -0.401. The molecule has 1 fully saturated rings. The molecular formula is C25H25ClF3N5O3. The van der Waals surface area contributed by atoms with Crippen molar-refractivity contribution in [2.75, 3.05) is 31.1 Å². The monoisotopic (exact) mass is 535 g/mol. The average molecular weight is 536 g/mol. The highest BCUT2D eigenvalue weighted by Crippen LogP contribution is 2.35. The molecule has 2 aromatic carbocycles. The molecule has 0 radical (unpaired) electrons. The van der Waals surface area contributed by atoms with Crippen LogP contribution in [0.25, 0.3) is 22.0 Å². The second-order valence-electron chi connectivity index (χ2n) is 8.83. The molecule has 2 N–H and O–H groups in total. The number of hydrogen-bond donors (Lipinski definition) is 2. The van der Waals surface area contributed by atoms with E-state index in [0.29, 0.717) is 13.2 Å². The van der Waals surface area contributed by atoms with Gasteiger partial charge in [-0.05, 0) is 54.8 Å². The summed E-state index contributed by atoms with van der Waals surface area (Å²) in [6, 6.07) is 8.41. The third-order valence-electron chi connectivity index (χ3n) is 6.14. The Balaban J connectivity index is 1.01. The number of rotatable bonds is 11. The van der Waals surface area contributed by atoms with Gasteiger partial charge >= 0.3 is 6.36 Å². The maximum Gasteiger partial charge on any atom is 0.573 e. The molecule has 0 unspecified atom stereocenters. The van der Waals surface area contributed by atoms with E-state index in [-0.39, 0.29) is 11.1 Å². The van der Waals surface area contributed by atoms with Gasteiger partial charge in [-0.1, -0.05) is 22.8 Å². The zero-order valence-electron chi connectivity index (χ0n) is 19.7. The van der Waals surface area contributed by atoms with Crippen molar-refractivity contribution in [2.24, 2.45) is 0 Å². The summed E-state index contributed by atoms with van der Waals surface area (Å²) in [5, 5.41) is 15.3. The number of nitrogens with zero attached hydrogens (tertiary/aromatic N) is 3. The van der Waals surface area contributed by atoms with Gasteiger partial charge in [-0.3, -0.25) is 5.10 Å². The molecule has 0 bridgehead atoms. The molecule has 1 saturated heterocycles. The fraction of sp³-hybridized carbons (Fsp3) is 0.360. The number of aromatic amines is 1. The predicted molar refractivity (Wildman–Crippen MR) is 133 cm³/mol. The predicted octanol–water partition coefficient (Wildman–Crippen LogP) is 5.55. The summed E-state index contributed by atoms with van der Waals surface area (Å²) in [5.41, 5.74) is 4.76. The highest BCUT2D eigenvalue weighted by atomic mass is 35.5. The number of anilines is 1. The largest absolute Gasteiger partial charge is 0.573 e. The van der Waals surface area contributed by atoms with Crippen LogP contribution in [-0.2, 0) is 11.3 Å². The average Bonchev–Trinajstić information content (AvgIpc) is 3.52. The van der Waals surface area contributed by atoms with Crippen molar-refractivity contribution in [3.05, 3.63) is 59.6 Å². The van der Waals surface area contributed by atoms with Gasteiger partial charge in [0.05, 0.1) is 29.0 Å². The van der Waals surface area contributed by atoms with Crippen LogP contribution in [0.15, 0.2) is 53.5 Å². The van der Waals surface area contributed by atoms with E-state index in [1.807, 2.05) is 12.3 Å². The number of H-pyrrole nitrogens is 1. The van der Waals surface area contributed by atoms with Crippen molar-refractivity contribution in [3.63, 3.8) is 0 Å². The molecule has 1 aliphatic rings. The van der Waals surface area contributed by atoms with Crippen LogP contribution in [0.3, 0.4) is 0 Å². The Morgan fingerprint density at radius 3 is 2.76 bits per heavy atom. The third-order valence-corrected chi connectivity index (χ3v) is 6.44. The molecule has 37 heavy (non-hydrogen) atoms. The van der Waals surface area contributed by atoms with E-state index >= 15 is 0 Å². The Morgan fingerprint density at radius 1 is 1.14 bits per heavy atom. The number of ether oxygens (including phenoxy) is 2.